The Morgan fingerprint density at radius 2 is 1.91 bits per heavy atom. The highest BCUT2D eigenvalue weighted by Gasteiger charge is 2.18. The number of rotatable bonds is 6. The van der Waals surface area contributed by atoms with E-state index in [4.69, 9.17) is 10.5 Å². The normalized spacial score (nSPS) is 15.8. The first-order valence-electron chi connectivity index (χ1n) is 7.84. The monoisotopic (exact) mass is 320 g/mol. The summed E-state index contributed by atoms with van der Waals surface area (Å²) in [5.74, 6) is 0.348. The number of halogens is 1. The van der Waals surface area contributed by atoms with Crippen LogP contribution in [0.3, 0.4) is 0 Å². The van der Waals surface area contributed by atoms with Crippen molar-refractivity contribution in [1.82, 2.24) is 4.90 Å². The van der Waals surface area contributed by atoms with E-state index in [0.717, 1.165) is 37.4 Å². The van der Waals surface area contributed by atoms with Crippen LogP contribution in [0.4, 0.5) is 10.1 Å². The second-order valence-electron chi connectivity index (χ2n) is 5.70. The van der Waals surface area contributed by atoms with Crippen molar-refractivity contribution < 1.29 is 9.13 Å². The lowest BCUT2D eigenvalue weighted by Gasteiger charge is -2.36. The molecule has 0 bridgehead atoms. The molecule has 0 amide bonds. The number of nitrogens with zero attached hydrogens (tertiary/aromatic N) is 3. The molecule has 0 unspecified atom stereocenters. The summed E-state index contributed by atoms with van der Waals surface area (Å²) in [5, 5.41) is 0. The van der Waals surface area contributed by atoms with Crippen LogP contribution < -0.4 is 10.6 Å². The van der Waals surface area contributed by atoms with E-state index in [-0.39, 0.29) is 5.82 Å². The maximum absolute atomic E-state index is 13.0. The van der Waals surface area contributed by atoms with Crippen molar-refractivity contribution in [3.05, 3.63) is 42.2 Å². The van der Waals surface area contributed by atoms with Gasteiger partial charge in [-0.3, -0.25) is 4.99 Å². The Balaban J connectivity index is 1.74. The number of hydrogen-bond donors (Lipinski definition) is 1. The van der Waals surface area contributed by atoms with Gasteiger partial charge in [-0.2, -0.15) is 0 Å². The third-order valence-electron chi connectivity index (χ3n) is 3.65. The average molecular weight is 320 g/mol. The van der Waals surface area contributed by atoms with Crippen LogP contribution in [0.5, 0.6) is 0 Å². The van der Waals surface area contributed by atoms with Crippen molar-refractivity contribution in [1.29, 1.82) is 0 Å². The summed E-state index contributed by atoms with van der Waals surface area (Å²) >= 11 is 0. The Hall–Kier alpha value is -2.08. The van der Waals surface area contributed by atoms with Crippen LogP contribution in [0.15, 0.2) is 41.4 Å². The number of aliphatic imine (C=N–C) groups is 1. The molecule has 2 rings (SSSR count). The van der Waals surface area contributed by atoms with Crippen molar-refractivity contribution in [3.63, 3.8) is 0 Å². The molecule has 0 radical (unpaired) electrons. The van der Waals surface area contributed by atoms with Gasteiger partial charge >= 0.3 is 0 Å². The van der Waals surface area contributed by atoms with Gasteiger partial charge in [-0.05, 0) is 31.2 Å². The van der Waals surface area contributed by atoms with Crippen LogP contribution in [0, 0.1) is 5.82 Å². The molecular weight excluding hydrogens is 295 g/mol. The van der Waals surface area contributed by atoms with Crippen LogP contribution in [-0.4, -0.2) is 56.8 Å². The second-order valence-corrected chi connectivity index (χ2v) is 5.70. The predicted molar refractivity (Wildman–Crippen MR) is 92.3 cm³/mol. The van der Waals surface area contributed by atoms with Crippen LogP contribution in [0.2, 0.25) is 0 Å². The molecule has 0 spiro atoms. The first-order chi connectivity index (χ1) is 11.1. The number of anilines is 1. The largest absolute Gasteiger partial charge is 0.375 e. The van der Waals surface area contributed by atoms with Crippen molar-refractivity contribution in [2.75, 3.05) is 50.8 Å². The Bertz CT molecular complexity index is 536. The van der Waals surface area contributed by atoms with Gasteiger partial charge in [0.25, 0.3) is 0 Å². The molecule has 0 aliphatic carbocycles. The zero-order valence-electron chi connectivity index (χ0n) is 13.7. The molecule has 126 valence electrons. The zero-order valence-corrected chi connectivity index (χ0v) is 13.7. The van der Waals surface area contributed by atoms with E-state index in [1.165, 1.54) is 12.1 Å². The van der Waals surface area contributed by atoms with E-state index in [9.17, 15) is 4.39 Å². The molecule has 1 aliphatic heterocycles. The summed E-state index contributed by atoms with van der Waals surface area (Å²) in [4.78, 5) is 8.64. The molecule has 0 atom stereocenters. The summed E-state index contributed by atoms with van der Waals surface area (Å²) in [5.41, 5.74) is 8.06. The van der Waals surface area contributed by atoms with E-state index < -0.39 is 0 Å². The first-order valence-corrected chi connectivity index (χ1v) is 7.84. The first kappa shape index (κ1) is 17.3. The highest BCUT2D eigenvalue weighted by atomic mass is 19.1. The number of hydrogen-bond acceptors (Lipinski definition) is 3. The Kier molecular flexibility index (Phi) is 6.40. The van der Waals surface area contributed by atoms with E-state index in [0.29, 0.717) is 25.7 Å². The molecule has 1 aromatic carbocycles. The Morgan fingerprint density at radius 3 is 2.52 bits per heavy atom. The molecule has 0 saturated carbocycles. The highest BCUT2D eigenvalue weighted by molar-refractivity contribution is 5.78. The van der Waals surface area contributed by atoms with Gasteiger partial charge in [0.2, 0.25) is 0 Å². The topological polar surface area (TPSA) is 54.1 Å². The van der Waals surface area contributed by atoms with Gasteiger partial charge in [0.1, 0.15) is 5.82 Å². The predicted octanol–water partition coefficient (Wildman–Crippen LogP) is 1.86. The fourth-order valence-corrected chi connectivity index (χ4v) is 2.42. The molecule has 1 aliphatic rings. The van der Waals surface area contributed by atoms with E-state index in [1.54, 1.807) is 12.1 Å². The third-order valence-corrected chi connectivity index (χ3v) is 3.65. The smallest absolute Gasteiger partial charge is 0.191 e. The third kappa shape index (κ3) is 5.56. The number of benzene rings is 1. The summed E-state index contributed by atoms with van der Waals surface area (Å²) in [6, 6.07) is 6.59. The molecule has 1 saturated heterocycles. The number of ether oxygens (including phenoxy) is 1. The highest BCUT2D eigenvalue weighted by Crippen LogP contribution is 2.16. The van der Waals surface area contributed by atoms with Crippen molar-refractivity contribution in [2.45, 2.75) is 6.92 Å². The summed E-state index contributed by atoms with van der Waals surface area (Å²) in [6.07, 6.45) is 0. The lowest BCUT2D eigenvalue weighted by atomic mass is 10.2. The Morgan fingerprint density at radius 1 is 1.26 bits per heavy atom. The van der Waals surface area contributed by atoms with Gasteiger partial charge in [-0.25, -0.2) is 4.39 Å². The molecule has 2 N–H and O–H groups in total. The molecule has 1 aromatic rings. The van der Waals surface area contributed by atoms with Crippen molar-refractivity contribution in [3.8, 4) is 0 Å². The van der Waals surface area contributed by atoms with Crippen LogP contribution >= 0.6 is 0 Å². The summed E-state index contributed by atoms with van der Waals surface area (Å²) < 4.78 is 18.4. The van der Waals surface area contributed by atoms with Gasteiger partial charge in [-0.15, -0.1) is 0 Å². The second kappa shape index (κ2) is 8.53. The van der Waals surface area contributed by atoms with Gasteiger partial charge in [-0.1, -0.05) is 12.2 Å². The van der Waals surface area contributed by atoms with Crippen molar-refractivity contribution >= 4 is 11.6 Å². The molecule has 5 nitrogen and oxygen atoms in total. The number of nitrogens with two attached hydrogens (primary N) is 1. The lowest BCUT2D eigenvalue weighted by Crippen LogP contribution is -2.51. The minimum atomic E-state index is -0.211. The minimum Gasteiger partial charge on any atom is -0.375 e. The standard InChI is InChI=1S/C17H25FN4O/c1-14(2)13-23-12-7-20-17(19)22-10-8-21(9-11-22)16-5-3-15(18)4-6-16/h3-6H,1,7-13H2,2H3,(H2,19,20). The quantitative estimate of drug-likeness (QED) is 0.376. The van der Waals surface area contributed by atoms with Gasteiger partial charge in [0, 0.05) is 31.9 Å². The lowest BCUT2D eigenvalue weighted by molar-refractivity contribution is 0.164. The van der Waals surface area contributed by atoms with Crippen LogP contribution in [0.25, 0.3) is 0 Å². The van der Waals surface area contributed by atoms with Gasteiger partial charge in [0.05, 0.1) is 19.8 Å². The zero-order chi connectivity index (χ0) is 16.7. The van der Waals surface area contributed by atoms with Gasteiger partial charge < -0.3 is 20.3 Å². The molecular formula is C17H25FN4O. The fraction of sp³-hybridized carbons (Fsp3) is 0.471. The average Bonchev–Trinajstić information content (AvgIpc) is 2.55. The van der Waals surface area contributed by atoms with Crippen LogP contribution in [0.1, 0.15) is 6.92 Å². The van der Waals surface area contributed by atoms with E-state index >= 15 is 0 Å². The fourth-order valence-electron chi connectivity index (χ4n) is 2.42. The minimum absolute atomic E-state index is 0.211. The Labute approximate surface area is 137 Å². The maximum Gasteiger partial charge on any atom is 0.191 e. The van der Waals surface area contributed by atoms with Gasteiger partial charge in [0.15, 0.2) is 5.96 Å². The van der Waals surface area contributed by atoms with E-state index in [2.05, 4.69) is 21.4 Å². The molecule has 0 aromatic heterocycles. The number of guanidine groups is 1. The van der Waals surface area contributed by atoms with E-state index in [1.807, 2.05) is 6.92 Å². The SMILES string of the molecule is C=C(C)COCCN=C(N)N1CCN(c2ccc(F)cc2)CC1. The molecule has 6 heteroatoms. The summed E-state index contributed by atoms with van der Waals surface area (Å²) in [6.45, 7) is 10.7. The van der Waals surface area contributed by atoms with Crippen molar-refractivity contribution in [2.24, 2.45) is 10.7 Å². The molecule has 1 heterocycles. The number of piperazine rings is 1. The van der Waals surface area contributed by atoms with Crippen LogP contribution in [-0.2, 0) is 4.74 Å². The molecule has 23 heavy (non-hydrogen) atoms. The summed E-state index contributed by atoms with van der Waals surface area (Å²) in [7, 11) is 0. The maximum atomic E-state index is 13.0. The molecule has 1 fully saturated rings.